The molecule has 320 valence electrons. The third kappa shape index (κ3) is 6.94. The number of hydrogen-bond donors (Lipinski definition) is 0. The van der Waals surface area contributed by atoms with Gasteiger partial charge in [-0.25, -0.2) is 9.97 Å². The second-order valence-electron chi connectivity index (χ2n) is 17.7. The smallest absolute Gasteiger partial charge is 0.160 e. The van der Waals surface area contributed by atoms with Gasteiger partial charge in [0.15, 0.2) is 5.82 Å². The molecule has 0 radical (unpaired) electrons. The normalized spacial score (nSPS) is 12.6. The highest BCUT2D eigenvalue weighted by Crippen LogP contribution is 2.40. The highest BCUT2D eigenvalue weighted by Gasteiger charge is 2.18. The van der Waals surface area contributed by atoms with Crippen LogP contribution in [0.15, 0.2) is 243 Å². The monoisotopic (exact) mass is 868 g/mol. The molecule has 1 aliphatic carbocycles. The number of hydrogen-bond acceptors (Lipinski definition) is 2. The topological polar surface area (TPSA) is 35.6 Å². The van der Waals surface area contributed by atoms with Crippen LogP contribution in [0.4, 0.5) is 0 Å². The molecule has 0 unspecified atom stereocenters. The summed E-state index contributed by atoms with van der Waals surface area (Å²) in [6, 6.07) is 80.8. The summed E-state index contributed by atoms with van der Waals surface area (Å²) in [6.07, 6.45) is 8.98. The molecule has 0 amide bonds. The van der Waals surface area contributed by atoms with Crippen LogP contribution in [0, 0.1) is 0 Å². The van der Waals surface area contributed by atoms with Crippen LogP contribution in [0.25, 0.3) is 117 Å². The number of nitrogens with zero attached hydrogens (tertiary/aromatic N) is 4. The van der Waals surface area contributed by atoms with Crippen LogP contribution in [-0.4, -0.2) is 19.1 Å². The zero-order chi connectivity index (χ0) is 45.0. The molecular weight excluding hydrogens is 825 g/mol. The number of benzene rings is 9. The molecule has 12 aromatic rings. The fraction of sp³-hybridized carbons (Fsp3) is 0.0312. The van der Waals surface area contributed by atoms with E-state index >= 15 is 0 Å². The van der Waals surface area contributed by atoms with E-state index in [4.69, 9.17) is 9.97 Å². The first-order valence-corrected chi connectivity index (χ1v) is 23.5. The van der Waals surface area contributed by atoms with Crippen LogP contribution in [0.5, 0.6) is 0 Å². The summed E-state index contributed by atoms with van der Waals surface area (Å²) in [7, 11) is 0. The molecular formula is C64H44N4. The highest BCUT2D eigenvalue weighted by atomic mass is 15.0. The fourth-order valence-corrected chi connectivity index (χ4v) is 10.2. The van der Waals surface area contributed by atoms with Gasteiger partial charge in [-0.1, -0.05) is 158 Å². The minimum absolute atomic E-state index is 0.699. The summed E-state index contributed by atoms with van der Waals surface area (Å²) in [5, 5.41) is 4.94. The Balaban J connectivity index is 0.904. The Hall–Kier alpha value is -8.86. The first-order chi connectivity index (χ1) is 33.7. The predicted molar refractivity (Wildman–Crippen MR) is 284 cm³/mol. The molecule has 4 heteroatoms. The summed E-state index contributed by atoms with van der Waals surface area (Å²) in [6.45, 7) is 0. The van der Waals surface area contributed by atoms with Crippen molar-refractivity contribution in [3.8, 4) is 67.5 Å². The molecule has 4 nitrogen and oxygen atoms in total. The van der Waals surface area contributed by atoms with Crippen molar-refractivity contribution in [3.63, 3.8) is 0 Å². The van der Waals surface area contributed by atoms with E-state index in [2.05, 4.69) is 246 Å². The predicted octanol–water partition coefficient (Wildman–Crippen LogP) is 16.7. The fourth-order valence-electron chi connectivity index (χ4n) is 10.2. The standard InChI is InChI=1S/C64H44N4/c1-5-17-43(18-6-1)49-37-50(44-19-7-2-8-20-44)39-51(38-49)59-42-58(65-64(66-59)46-21-9-3-10-22-46)45-29-33-53(34-30-45)68-61-28-16-14-26-55(61)57-41-48(32-36-63(57)68)47-31-35-62-56(40-47)54-25-13-15-27-60(54)67(62)52-23-11-4-12-24-52/h1,3-7,9-42H,2,8H2. The molecule has 0 bridgehead atoms. The lowest BCUT2D eigenvalue weighted by Gasteiger charge is -2.15. The van der Waals surface area contributed by atoms with Crippen molar-refractivity contribution in [1.82, 2.24) is 19.1 Å². The van der Waals surface area contributed by atoms with Crippen LogP contribution in [0.1, 0.15) is 18.4 Å². The van der Waals surface area contributed by atoms with E-state index in [1.807, 2.05) is 6.07 Å². The highest BCUT2D eigenvalue weighted by molar-refractivity contribution is 6.12. The number of rotatable bonds is 8. The molecule has 0 aliphatic heterocycles. The van der Waals surface area contributed by atoms with Gasteiger partial charge in [0.05, 0.1) is 33.5 Å². The van der Waals surface area contributed by atoms with Gasteiger partial charge in [-0.15, -0.1) is 0 Å². The van der Waals surface area contributed by atoms with Crippen molar-refractivity contribution in [2.75, 3.05) is 0 Å². The lowest BCUT2D eigenvalue weighted by atomic mass is 9.92. The lowest BCUT2D eigenvalue weighted by Crippen LogP contribution is -1.98. The zero-order valence-corrected chi connectivity index (χ0v) is 37.3. The maximum absolute atomic E-state index is 5.26. The van der Waals surface area contributed by atoms with Crippen molar-refractivity contribution in [2.24, 2.45) is 0 Å². The number of allylic oxidation sites excluding steroid dienone is 4. The van der Waals surface area contributed by atoms with Crippen molar-refractivity contribution < 1.29 is 0 Å². The van der Waals surface area contributed by atoms with E-state index in [1.165, 1.54) is 65.9 Å². The lowest BCUT2D eigenvalue weighted by molar-refractivity contribution is 1.04. The third-order valence-electron chi connectivity index (χ3n) is 13.5. The first-order valence-electron chi connectivity index (χ1n) is 23.5. The van der Waals surface area contributed by atoms with Gasteiger partial charge in [0, 0.05) is 49.6 Å². The molecule has 1 aliphatic rings. The summed E-state index contributed by atoms with van der Waals surface area (Å²) in [5.41, 5.74) is 19.0. The molecule has 0 saturated carbocycles. The molecule has 9 aromatic carbocycles. The van der Waals surface area contributed by atoms with Gasteiger partial charge in [0.2, 0.25) is 0 Å². The number of aromatic nitrogens is 4. The Bertz CT molecular complexity index is 3930. The molecule has 0 saturated heterocycles. The summed E-state index contributed by atoms with van der Waals surface area (Å²) >= 11 is 0. The SMILES string of the molecule is C1=CC(c2cc(-c3ccccc3)cc(-c3cc(-c4ccc(-n5c6ccccc6c6cc(-c7ccc8c(c7)c7ccccc7n8-c7ccccc7)ccc65)cc4)nc(-c4ccccc4)n3)c2)=CCC1. The number of para-hydroxylation sites is 3. The Morgan fingerprint density at radius 3 is 1.40 bits per heavy atom. The van der Waals surface area contributed by atoms with Gasteiger partial charge < -0.3 is 9.13 Å². The van der Waals surface area contributed by atoms with E-state index in [1.54, 1.807) is 0 Å². The summed E-state index contributed by atoms with van der Waals surface area (Å²) < 4.78 is 4.76. The van der Waals surface area contributed by atoms with Crippen LogP contribution >= 0.6 is 0 Å². The van der Waals surface area contributed by atoms with Gasteiger partial charge in [-0.3, -0.25) is 0 Å². The molecule has 0 fully saturated rings. The van der Waals surface area contributed by atoms with Crippen molar-refractivity contribution in [3.05, 3.63) is 248 Å². The maximum Gasteiger partial charge on any atom is 0.160 e. The molecule has 13 rings (SSSR count). The van der Waals surface area contributed by atoms with Gasteiger partial charge in [-0.05, 0) is 131 Å². The Kier molecular flexibility index (Phi) is 9.61. The van der Waals surface area contributed by atoms with Gasteiger partial charge in [-0.2, -0.15) is 0 Å². The first kappa shape index (κ1) is 39.5. The molecule has 0 spiro atoms. The van der Waals surface area contributed by atoms with Crippen molar-refractivity contribution in [1.29, 1.82) is 0 Å². The van der Waals surface area contributed by atoms with E-state index in [0.717, 1.165) is 63.4 Å². The van der Waals surface area contributed by atoms with Crippen LogP contribution in [0.3, 0.4) is 0 Å². The van der Waals surface area contributed by atoms with Crippen LogP contribution < -0.4 is 0 Å². The Labute approximate surface area is 395 Å². The number of fused-ring (bicyclic) bond motifs is 6. The van der Waals surface area contributed by atoms with E-state index in [-0.39, 0.29) is 0 Å². The summed E-state index contributed by atoms with van der Waals surface area (Å²) in [4.78, 5) is 10.5. The molecule has 0 N–H and O–H groups in total. The Morgan fingerprint density at radius 2 is 0.794 bits per heavy atom. The minimum Gasteiger partial charge on any atom is -0.309 e. The maximum atomic E-state index is 5.26. The average Bonchev–Trinajstić information content (AvgIpc) is 3.94. The third-order valence-corrected chi connectivity index (χ3v) is 13.5. The van der Waals surface area contributed by atoms with Crippen molar-refractivity contribution >= 4 is 49.2 Å². The Morgan fingerprint density at radius 1 is 0.309 bits per heavy atom. The van der Waals surface area contributed by atoms with Gasteiger partial charge in [0.1, 0.15) is 0 Å². The zero-order valence-electron chi connectivity index (χ0n) is 37.3. The van der Waals surface area contributed by atoms with Gasteiger partial charge in [0.25, 0.3) is 0 Å². The molecule has 3 aromatic heterocycles. The van der Waals surface area contributed by atoms with E-state index < -0.39 is 0 Å². The molecule has 3 heterocycles. The van der Waals surface area contributed by atoms with Gasteiger partial charge >= 0.3 is 0 Å². The minimum atomic E-state index is 0.699. The average molecular weight is 869 g/mol. The van der Waals surface area contributed by atoms with Crippen LogP contribution in [0.2, 0.25) is 0 Å². The quantitative estimate of drug-likeness (QED) is 0.153. The largest absolute Gasteiger partial charge is 0.309 e. The second kappa shape index (κ2) is 16.5. The molecule has 0 atom stereocenters. The van der Waals surface area contributed by atoms with Crippen molar-refractivity contribution in [2.45, 2.75) is 12.8 Å². The summed E-state index contributed by atoms with van der Waals surface area (Å²) in [5.74, 6) is 0.699. The van der Waals surface area contributed by atoms with Crippen LogP contribution in [-0.2, 0) is 0 Å². The van der Waals surface area contributed by atoms with E-state index in [9.17, 15) is 0 Å². The second-order valence-corrected chi connectivity index (χ2v) is 17.7. The molecule has 68 heavy (non-hydrogen) atoms. The van der Waals surface area contributed by atoms with E-state index in [0.29, 0.717) is 5.82 Å².